The Morgan fingerprint density at radius 3 is 2.62 bits per heavy atom. The Kier molecular flexibility index (Phi) is 5.05. The first kappa shape index (κ1) is 10.7. The molecule has 0 aromatic heterocycles. The van der Waals surface area contributed by atoms with Crippen LogP contribution in [0.2, 0.25) is 0 Å². The number of hydrogen-bond donors (Lipinski definition) is 1. The van der Waals surface area contributed by atoms with E-state index in [0.717, 1.165) is 39.1 Å². The topological polar surface area (TPSA) is 32.7 Å². The largest absolute Gasteiger partial charge is 0.394 e. The third kappa shape index (κ3) is 4.41. The maximum absolute atomic E-state index is 8.49. The summed E-state index contributed by atoms with van der Waals surface area (Å²) in [6.07, 6.45) is 2.25. The van der Waals surface area contributed by atoms with Crippen molar-refractivity contribution >= 4 is 0 Å². The molecule has 1 aliphatic heterocycles. The zero-order valence-electron chi connectivity index (χ0n) is 8.17. The van der Waals surface area contributed by atoms with Crippen molar-refractivity contribution < 1.29 is 9.84 Å². The van der Waals surface area contributed by atoms with Crippen LogP contribution in [0.3, 0.4) is 0 Å². The minimum absolute atomic E-state index is 0.122. The summed E-state index contributed by atoms with van der Waals surface area (Å²) < 4.78 is 5.20. The Morgan fingerprint density at radius 2 is 2.00 bits per heavy atom. The lowest BCUT2D eigenvalue weighted by Gasteiger charge is -2.27. The maximum Gasteiger partial charge on any atom is 0.0698 e. The molecule has 13 heavy (non-hydrogen) atoms. The third-order valence-corrected chi connectivity index (χ3v) is 2.35. The summed E-state index contributed by atoms with van der Waals surface area (Å²) in [5, 5.41) is 8.49. The number of rotatable bonds is 5. The summed E-state index contributed by atoms with van der Waals surface area (Å²) >= 11 is 0. The van der Waals surface area contributed by atoms with Gasteiger partial charge < -0.3 is 14.7 Å². The van der Waals surface area contributed by atoms with Crippen molar-refractivity contribution in [1.82, 2.24) is 4.90 Å². The number of piperidine rings is 1. The van der Waals surface area contributed by atoms with Crippen LogP contribution in [-0.4, -0.2) is 49.5 Å². The van der Waals surface area contributed by atoms with Crippen molar-refractivity contribution in [3.8, 4) is 0 Å². The van der Waals surface area contributed by atoms with E-state index in [4.69, 9.17) is 9.84 Å². The zero-order valence-corrected chi connectivity index (χ0v) is 8.17. The molecule has 1 N–H and O–H groups in total. The van der Waals surface area contributed by atoms with Crippen LogP contribution in [0.1, 0.15) is 12.8 Å². The molecule has 0 radical (unpaired) electrons. The molecule has 0 unspecified atom stereocenters. The minimum atomic E-state index is 0.122. The van der Waals surface area contributed by atoms with E-state index < -0.39 is 0 Å². The fourth-order valence-electron chi connectivity index (χ4n) is 1.45. The normalized spacial score (nSPS) is 19.3. The highest BCUT2D eigenvalue weighted by Gasteiger charge is 2.11. The molecule has 0 bridgehead atoms. The summed E-state index contributed by atoms with van der Waals surface area (Å²) in [6, 6.07) is 0. The molecule has 0 aromatic carbocycles. The van der Waals surface area contributed by atoms with Crippen molar-refractivity contribution in [1.29, 1.82) is 0 Å². The van der Waals surface area contributed by atoms with Gasteiger partial charge in [0.1, 0.15) is 0 Å². The summed E-state index contributed by atoms with van der Waals surface area (Å²) in [6.45, 7) is 8.48. The van der Waals surface area contributed by atoms with Gasteiger partial charge in [-0.15, -0.1) is 0 Å². The van der Waals surface area contributed by atoms with E-state index in [1.165, 1.54) is 5.57 Å². The first-order chi connectivity index (χ1) is 6.33. The molecule has 0 saturated carbocycles. The number of ether oxygens (including phenoxy) is 1. The molecule has 3 nitrogen and oxygen atoms in total. The van der Waals surface area contributed by atoms with Crippen molar-refractivity contribution in [2.24, 2.45) is 0 Å². The van der Waals surface area contributed by atoms with Crippen LogP contribution < -0.4 is 0 Å². The molecular weight excluding hydrogens is 166 g/mol. The van der Waals surface area contributed by atoms with Gasteiger partial charge in [-0.2, -0.15) is 0 Å². The number of nitrogens with zero attached hydrogens (tertiary/aromatic N) is 1. The van der Waals surface area contributed by atoms with Gasteiger partial charge in [0.25, 0.3) is 0 Å². The monoisotopic (exact) mass is 185 g/mol. The Morgan fingerprint density at radius 1 is 1.31 bits per heavy atom. The van der Waals surface area contributed by atoms with E-state index in [0.29, 0.717) is 6.61 Å². The molecule has 1 aliphatic rings. The van der Waals surface area contributed by atoms with Gasteiger partial charge >= 0.3 is 0 Å². The lowest BCUT2D eigenvalue weighted by molar-refractivity contribution is 0.0720. The second kappa shape index (κ2) is 6.13. The predicted octanol–water partition coefficient (Wildman–Crippen LogP) is 0.647. The highest BCUT2D eigenvalue weighted by atomic mass is 16.5. The molecule has 0 amide bonds. The van der Waals surface area contributed by atoms with Crippen LogP contribution >= 0.6 is 0 Å². The number of likely N-dealkylation sites (tertiary alicyclic amines) is 1. The fourth-order valence-corrected chi connectivity index (χ4v) is 1.45. The van der Waals surface area contributed by atoms with Crippen LogP contribution in [0.4, 0.5) is 0 Å². The maximum atomic E-state index is 8.49. The number of hydrogen-bond acceptors (Lipinski definition) is 3. The number of aliphatic hydroxyl groups excluding tert-OH is 1. The molecule has 1 heterocycles. The molecule has 1 rings (SSSR count). The Bertz CT molecular complexity index is 149. The molecule has 76 valence electrons. The first-order valence-electron chi connectivity index (χ1n) is 4.90. The SMILES string of the molecule is C=C1CCN(CCOCCO)CC1. The lowest BCUT2D eigenvalue weighted by Crippen LogP contribution is -2.33. The molecule has 0 atom stereocenters. The molecule has 0 aromatic rings. The van der Waals surface area contributed by atoms with Crippen molar-refractivity contribution in [2.75, 3.05) is 39.5 Å². The molecule has 1 fully saturated rings. The van der Waals surface area contributed by atoms with Crippen LogP contribution in [0.5, 0.6) is 0 Å². The quantitative estimate of drug-likeness (QED) is 0.504. The smallest absolute Gasteiger partial charge is 0.0698 e. The van der Waals surface area contributed by atoms with Gasteiger partial charge in [-0.25, -0.2) is 0 Å². The van der Waals surface area contributed by atoms with Crippen molar-refractivity contribution in [3.63, 3.8) is 0 Å². The average molecular weight is 185 g/mol. The fraction of sp³-hybridized carbons (Fsp3) is 0.800. The summed E-state index contributed by atoms with van der Waals surface area (Å²) in [7, 11) is 0. The Balaban J connectivity index is 1.99. The summed E-state index contributed by atoms with van der Waals surface area (Å²) in [5.74, 6) is 0. The molecule has 0 spiro atoms. The zero-order chi connectivity index (χ0) is 9.52. The molecule has 0 aliphatic carbocycles. The van der Waals surface area contributed by atoms with Gasteiger partial charge in [0, 0.05) is 19.6 Å². The van der Waals surface area contributed by atoms with E-state index in [2.05, 4.69) is 11.5 Å². The second-order valence-electron chi connectivity index (χ2n) is 3.43. The number of aliphatic hydroxyl groups is 1. The van der Waals surface area contributed by atoms with Crippen LogP contribution in [-0.2, 0) is 4.74 Å². The predicted molar refractivity (Wildman–Crippen MR) is 52.7 cm³/mol. The van der Waals surface area contributed by atoms with Crippen LogP contribution in [0, 0.1) is 0 Å². The standard InChI is InChI=1S/C10H19NO2/c1-10-2-4-11(5-3-10)6-8-13-9-7-12/h12H,1-9H2. The first-order valence-corrected chi connectivity index (χ1v) is 4.90. The van der Waals surface area contributed by atoms with Gasteiger partial charge in [0.15, 0.2) is 0 Å². The van der Waals surface area contributed by atoms with E-state index in [9.17, 15) is 0 Å². The third-order valence-electron chi connectivity index (χ3n) is 2.35. The average Bonchev–Trinajstić information content (AvgIpc) is 2.15. The lowest BCUT2D eigenvalue weighted by atomic mass is 10.1. The van der Waals surface area contributed by atoms with Gasteiger partial charge in [0.2, 0.25) is 0 Å². The minimum Gasteiger partial charge on any atom is -0.394 e. The van der Waals surface area contributed by atoms with Gasteiger partial charge in [-0.05, 0) is 12.8 Å². The van der Waals surface area contributed by atoms with Crippen molar-refractivity contribution in [3.05, 3.63) is 12.2 Å². The van der Waals surface area contributed by atoms with Gasteiger partial charge in [-0.1, -0.05) is 12.2 Å². The second-order valence-corrected chi connectivity index (χ2v) is 3.43. The van der Waals surface area contributed by atoms with Gasteiger partial charge in [0.05, 0.1) is 19.8 Å². The molecular formula is C10H19NO2. The van der Waals surface area contributed by atoms with E-state index in [1.54, 1.807) is 0 Å². The highest BCUT2D eigenvalue weighted by molar-refractivity contribution is 4.98. The van der Waals surface area contributed by atoms with Crippen molar-refractivity contribution in [2.45, 2.75) is 12.8 Å². The molecule has 1 saturated heterocycles. The van der Waals surface area contributed by atoms with Gasteiger partial charge in [-0.3, -0.25) is 0 Å². The van der Waals surface area contributed by atoms with Crippen LogP contribution in [0.15, 0.2) is 12.2 Å². The highest BCUT2D eigenvalue weighted by Crippen LogP contribution is 2.12. The van der Waals surface area contributed by atoms with E-state index in [-0.39, 0.29) is 6.61 Å². The summed E-state index contributed by atoms with van der Waals surface area (Å²) in [4.78, 5) is 2.38. The van der Waals surface area contributed by atoms with E-state index >= 15 is 0 Å². The van der Waals surface area contributed by atoms with E-state index in [1.807, 2.05) is 0 Å². The Labute approximate surface area is 80.0 Å². The molecule has 3 heteroatoms. The summed E-state index contributed by atoms with van der Waals surface area (Å²) in [5.41, 5.74) is 1.37. The Hall–Kier alpha value is -0.380. The van der Waals surface area contributed by atoms with Crippen LogP contribution in [0.25, 0.3) is 0 Å².